The van der Waals surface area contributed by atoms with Crippen molar-refractivity contribution < 1.29 is 14.7 Å². The van der Waals surface area contributed by atoms with E-state index in [-0.39, 0.29) is 18.1 Å². The molecule has 114 valence electrons. The van der Waals surface area contributed by atoms with Crippen molar-refractivity contribution in [2.45, 2.75) is 38.8 Å². The van der Waals surface area contributed by atoms with Crippen molar-refractivity contribution in [2.24, 2.45) is 5.92 Å². The molecule has 0 aliphatic carbocycles. The fourth-order valence-electron chi connectivity index (χ4n) is 2.87. The summed E-state index contributed by atoms with van der Waals surface area (Å²) in [6, 6.07) is 9.55. The van der Waals surface area contributed by atoms with Crippen molar-refractivity contribution >= 4 is 12.0 Å². The Hall–Kier alpha value is -2.04. The molecule has 2 N–H and O–H groups in total. The van der Waals surface area contributed by atoms with E-state index in [1.54, 1.807) is 11.8 Å². The van der Waals surface area contributed by atoms with E-state index < -0.39 is 11.9 Å². The Balaban J connectivity index is 1.88. The largest absolute Gasteiger partial charge is 0.481 e. The monoisotopic (exact) mass is 290 g/mol. The van der Waals surface area contributed by atoms with Gasteiger partial charge in [-0.3, -0.25) is 4.79 Å². The van der Waals surface area contributed by atoms with Gasteiger partial charge in [0.15, 0.2) is 0 Å². The summed E-state index contributed by atoms with van der Waals surface area (Å²) in [5.41, 5.74) is 1.17. The number of amides is 2. The molecule has 5 nitrogen and oxygen atoms in total. The smallest absolute Gasteiger partial charge is 0.317 e. The topological polar surface area (TPSA) is 69.6 Å². The molecule has 1 aliphatic heterocycles. The summed E-state index contributed by atoms with van der Waals surface area (Å²) in [4.78, 5) is 25.0. The molecule has 3 unspecified atom stereocenters. The maximum atomic E-state index is 12.2. The number of carbonyl (C=O) groups excluding carboxylic acids is 1. The second-order valence-corrected chi connectivity index (χ2v) is 5.71. The third-order valence-electron chi connectivity index (χ3n) is 4.09. The maximum Gasteiger partial charge on any atom is 0.317 e. The van der Waals surface area contributed by atoms with Gasteiger partial charge in [0.1, 0.15) is 0 Å². The highest BCUT2D eigenvalue weighted by Gasteiger charge is 2.38. The molecule has 1 fully saturated rings. The van der Waals surface area contributed by atoms with Gasteiger partial charge in [-0.25, -0.2) is 4.79 Å². The van der Waals surface area contributed by atoms with Crippen LogP contribution >= 0.6 is 0 Å². The summed E-state index contributed by atoms with van der Waals surface area (Å²) in [5.74, 6) is -1.28. The van der Waals surface area contributed by atoms with Gasteiger partial charge in [0, 0.05) is 18.6 Å². The van der Waals surface area contributed by atoms with Crippen molar-refractivity contribution in [3.63, 3.8) is 0 Å². The number of hydrogen-bond acceptors (Lipinski definition) is 2. The zero-order chi connectivity index (χ0) is 15.4. The Morgan fingerprint density at radius 3 is 2.62 bits per heavy atom. The third-order valence-corrected chi connectivity index (χ3v) is 4.09. The van der Waals surface area contributed by atoms with E-state index in [0.717, 1.165) is 6.42 Å². The number of benzene rings is 1. The summed E-state index contributed by atoms with van der Waals surface area (Å²) >= 11 is 0. The van der Waals surface area contributed by atoms with Crippen LogP contribution in [-0.2, 0) is 11.2 Å². The first-order valence-electron chi connectivity index (χ1n) is 7.33. The molecule has 1 aromatic rings. The number of urea groups is 1. The van der Waals surface area contributed by atoms with Gasteiger partial charge in [0.2, 0.25) is 0 Å². The number of carboxylic acids is 1. The zero-order valence-corrected chi connectivity index (χ0v) is 12.5. The second kappa shape index (κ2) is 6.61. The maximum absolute atomic E-state index is 12.2. The summed E-state index contributed by atoms with van der Waals surface area (Å²) in [6.45, 7) is 4.26. The van der Waals surface area contributed by atoms with Crippen molar-refractivity contribution in [1.29, 1.82) is 0 Å². The van der Waals surface area contributed by atoms with Crippen LogP contribution in [-0.4, -0.2) is 40.6 Å². The number of aliphatic carboxylic acids is 1. The van der Waals surface area contributed by atoms with Crippen LogP contribution in [0.15, 0.2) is 30.3 Å². The number of nitrogens with one attached hydrogen (secondary N) is 1. The molecular formula is C16H22N2O3. The first kappa shape index (κ1) is 15.4. The van der Waals surface area contributed by atoms with Crippen LogP contribution in [0.2, 0.25) is 0 Å². The van der Waals surface area contributed by atoms with E-state index in [1.807, 2.05) is 37.3 Å². The number of carbonyl (C=O) groups is 2. The van der Waals surface area contributed by atoms with Gasteiger partial charge < -0.3 is 15.3 Å². The Labute approximate surface area is 125 Å². The van der Waals surface area contributed by atoms with E-state index in [9.17, 15) is 9.59 Å². The van der Waals surface area contributed by atoms with Gasteiger partial charge in [0.05, 0.1) is 5.92 Å². The standard InChI is InChI=1S/C16H22N2O3/c1-11(10-13-6-4-3-5-7-13)17-16(21)18-9-8-14(12(18)2)15(19)20/h3-7,11-12,14H,8-10H2,1-2H3,(H,17,21)(H,19,20). The van der Waals surface area contributed by atoms with E-state index in [2.05, 4.69) is 5.32 Å². The molecule has 2 amide bonds. The molecule has 0 saturated carbocycles. The van der Waals surface area contributed by atoms with Gasteiger partial charge in [0.25, 0.3) is 0 Å². The van der Waals surface area contributed by atoms with Crippen molar-refractivity contribution in [3.8, 4) is 0 Å². The summed E-state index contributed by atoms with van der Waals surface area (Å²) < 4.78 is 0. The van der Waals surface area contributed by atoms with E-state index >= 15 is 0 Å². The quantitative estimate of drug-likeness (QED) is 0.892. The van der Waals surface area contributed by atoms with Crippen LogP contribution in [0.4, 0.5) is 4.79 Å². The predicted molar refractivity (Wildman–Crippen MR) is 80.1 cm³/mol. The van der Waals surface area contributed by atoms with Crippen LogP contribution in [0, 0.1) is 5.92 Å². The minimum atomic E-state index is -0.824. The number of nitrogens with zero attached hydrogens (tertiary/aromatic N) is 1. The van der Waals surface area contributed by atoms with Gasteiger partial charge in [-0.15, -0.1) is 0 Å². The molecule has 1 heterocycles. The lowest BCUT2D eigenvalue weighted by atomic mass is 10.0. The SMILES string of the molecule is CC(Cc1ccccc1)NC(=O)N1CCC(C(=O)O)C1C. The van der Waals surface area contributed by atoms with Crippen molar-refractivity contribution in [2.75, 3.05) is 6.54 Å². The molecule has 1 saturated heterocycles. The normalized spacial score (nSPS) is 22.9. The first-order chi connectivity index (χ1) is 9.99. The minimum Gasteiger partial charge on any atom is -0.481 e. The van der Waals surface area contributed by atoms with Crippen LogP contribution < -0.4 is 5.32 Å². The molecule has 3 atom stereocenters. The number of carboxylic acid groups (broad SMARTS) is 1. The lowest BCUT2D eigenvalue weighted by Gasteiger charge is -2.25. The fraction of sp³-hybridized carbons (Fsp3) is 0.500. The summed E-state index contributed by atoms with van der Waals surface area (Å²) in [5, 5.41) is 12.1. The predicted octanol–water partition coefficient (Wildman–Crippen LogP) is 2.12. The van der Waals surface area contributed by atoms with Crippen LogP contribution in [0.25, 0.3) is 0 Å². The molecule has 1 aromatic carbocycles. The van der Waals surface area contributed by atoms with Crippen LogP contribution in [0.5, 0.6) is 0 Å². The Kier molecular flexibility index (Phi) is 4.83. The lowest BCUT2D eigenvalue weighted by Crippen LogP contribution is -2.47. The first-order valence-corrected chi connectivity index (χ1v) is 7.33. The highest BCUT2D eigenvalue weighted by Crippen LogP contribution is 2.24. The average molecular weight is 290 g/mol. The molecule has 0 bridgehead atoms. The summed E-state index contributed by atoms with van der Waals surface area (Å²) in [7, 11) is 0. The molecule has 0 aromatic heterocycles. The highest BCUT2D eigenvalue weighted by atomic mass is 16.4. The van der Waals surface area contributed by atoms with Gasteiger partial charge >= 0.3 is 12.0 Å². The molecule has 0 radical (unpaired) electrons. The van der Waals surface area contributed by atoms with Gasteiger partial charge in [-0.2, -0.15) is 0 Å². The third kappa shape index (κ3) is 3.74. The van der Waals surface area contributed by atoms with E-state index in [4.69, 9.17) is 5.11 Å². The van der Waals surface area contributed by atoms with Crippen LogP contribution in [0.1, 0.15) is 25.8 Å². The number of likely N-dealkylation sites (tertiary alicyclic amines) is 1. The molecule has 0 spiro atoms. The summed E-state index contributed by atoms with van der Waals surface area (Å²) in [6.07, 6.45) is 1.29. The van der Waals surface area contributed by atoms with E-state index in [1.165, 1.54) is 5.56 Å². The average Bonchev–Trinajstić information content (AvgIpc) is 2.81. The van der Waals surface area contributed by atoms with Crippen molar-refractivity contribution in [3.05, 3.63) is 35.9 Å². The zero-order valence-electron chi connectivity index (χ0n) is 12.5. The van der Waals surface area contributed by atoms with Crippen LogP contribution in [0.3, 0.4) is 0 Å². The molecule has 1 aliphatic rings. The second-order valence-electron chi connectivity index (χ2n) is 5.71. The Morgan fingerprint density at radius 1 is 1.38 bits per heavy atom. The molecule has 2 rings (SSSR count). The molecular weight excluding hydrogens is 268 g/mol. The van der Waals surface area contributed by atoms with Crippen molar-refractivity contribution in [1.82, 2.24) is 10.2 Å². The number of rotatable bonds is 4. The highest BCUT2D eigenvalue weighted by molar-refractivity contribution is 5.78. The van der Waals surface area contributed by atoms with Gasteiger partial charge in [-0.1, -0.05) is 30.3 Å². The molecule has 5 heteroatoms. The fourth-order valence-corrected chi connectivity index (χ4v) is 2.87. The molecule has 21 heavy (non-hydrogen) atoms. The minimum absolute atomic E-state index is 0.0102. The Bertz CT molecular complexity index is 504. The van der Waals surface area contributed by atoms with E-state index in [0.29, 0.717) is 13.0 Å². The Morgan fingerprint density at radius 2 is 2.05 bits per heavy atom. The lowest BCUT2D eigenvalue weighted by molar-refractivity contribution is -0.142. The van der Waals surface area contributed by atoms with Gasteiger partial charge in [-0.05, 0) is 32.3 Å². The number of hydrogen-bond donors (Lipinski definition) is 2.